The van der Waals surface area contributed by atoms with Gasteiger partial charge in [0.1, 0.15) is 0 Å². The number of rotatable bonds is 5. The number of hydrogen-bond acceptors (Lipinski definition) is 4. The minimum absolute atomic E-state index is 0.209. The number of ether oxygens (including phenoxy) is 2. The monoisotopic (exact) mass is 318 g/mol. The molecule has 0 aromatic heterocycles. The molecule has 0 saturated heterocycles. The van der Waals surface area contributed by atoms with Crippen molar-refractivity contribution in [2.45, 2.75) is 13.0 Å². The maximum Gasteiger partial charge on any atom is 0.352 e. The van der Waals surface area contributed by atoms with E-state index in [2.05, 4.69) is 0 Å². The molecule has 1 atom stereocenters. The van der Waals surface area contributed by atoms with Gasteiger partial charge in [0, 0.05) is 10.6 Å². The van der Waals surface area contributed by atoms with Gasteiger partial charge in [0.2, 0.25) is 6.10 Å². The Morgan fingerprint density at radius 2 is 1.68 bits per heavy atom. The van der Waals surface area contributed by atoms with Crippen molar-refractivity contribution in [1.29, 1.82) is 0 Å². The average molecular weight is 319 g/mol. The normalized spacial score (nSPS) is 11.5. The summed E-state index contributed by atoms with van der Waals surface area (Å²) in [5.41, 5.74) is 0.873. The summed E-state index contributed by atoms with van der Waals surface area (Å²) < 4.78 is 10.3. The summed E-state index contributed by atoms with van der Waals surface area (Å²) in [5, 5.41) is 0.515. The number of carbonyl (C=O) groups excluding carboxylic acids is 2. The molecule has 5 heteroatoms. The number of hydrogen-bond donors (Lipinski definition) is 0. The van der Waals surface area contributed by atoms with Crippen LogP contribution in [0.2, 0.25) is 5.02 Å². The summed E-state index contributed by atoms with van der Waals surface area (Å²) in [6, 6.07) is 15.0. The van der Waals surface area contributed by atoms with Crippen molar-refractivity contribution in [3.63, 3.8) is 0 Å². The number of carbonyl (C=O) groups is 2. The lowest BCUT2D eigenvalue weighted by Gasteiger charge is -2.16. The largest absolute Gasteiger partial charge is 0.463 e. The third-order valence-electron chi connectivity index (χ3n) is 2.91. The van der Waals surface area contributed by atoms with Crippen molar-refractivity contribution in [1.82, 2.24) is 0 Å². The summed E-state index contributed by atoms with van der Waals surface area (Å²) in [5.74, 6) is -1.21. The summed E-state index contributed by atoms with van der Waals surface area (Å²) in [6.07, 6.45) is -1.09. The topological polar surface area (TPSA) is 52.6 Å². The molecule has 22 heavy (non-hydrogen) atoms. The van der Waals surface area contributed by atoms with Gasteiger partial charge < -0.3 is 9.47 Å². The second kappa shape index (κ2) is 7.61. The molecule has 0 heterocycles. The Labute approximate surface area is 133 Å². The summed E-state index contributed by atoms with van der Waals surface area (Å²) in [6.45, 7) is 1.90. The maximum atomic E-state index is 12.2. The van der Waals surface area contributed by atoms with Crippen LogP contribution in [0.5, 0.6) is 0 Å². The number of benzene rings is 2. The second-order valence-electron chi connectivity index (χ2n) is 4.45. The molecule has 114 valence electrons. The van der Waals surface area contributed by atoms with Crippen molar-refractivity contribution >= 4 is 23.5 Å². The Balaban J connectivity index is 2.21. The zero-order chi connectivity index (χ0) is 15.9. The van der Waals surface area contributed by atoms with Gasteiger partial charge in [-0.15, -0.1) is 0 Å². The van der Waals surface area contributed by atoms with E-state index in [9.17, 15) is 9.59 Å². The minimum Gasteiger partial charge on any atom is -0.463 e. The van der Waals surface area contributed by atoms with E-state index in [0.717, 1.165) is 0 Å². The summed E-state index contributed by atoms with van der Waals surface area (Å²) in [4.78, 5) is 24.2. The Hall–Kier alpha value is -2.33. The van der Waals surface area contributed by atoms with Crippen LogP contribution in [0, 0.1) is 0 Å². The standard InChI is InChI=1S/C17H15ClO4/c1-2-21-17(20)15(12-6-4-3-5-7-12)22-16(19)13-8-10-14(18)11-9-13/h3-11,15H,2H2,1H3. The molecule has 4 nitrogen and oxygen atoms in total. The number of esters is 2. The van der Waals surface area contributed by atoms with E-state index in [1.807, 2.05) is 6.07 Å². The zero-order valence-corrected chi connectivity index (χ0v) is 12.7. The van der Waals surface area contributed by atoms with Gasteiger partial charge in [-0.2, -0.15) is 0 Å². The third kappa shape index (κ3) is 4.09. The van der Waals surface area contributed by atoms with Crippen LogP contribution in [-0.4, -0.2) is 18.5 Å². The van der Waals surface area contributed by atoms with Crippen LogP contribution in [0.25, 0.3) is 0 Å². The highest BCUT2D eigenvalue weighted by Gasteiger charge is 2.26. The van der Waals surface area contributed by atoms with E-state index in [-0.39, 0.29) is 6.61 Å². The van der Waals surface area contributed by atoms with E-state index in [1.165, 1.54) is 12.1 Å². The van der Waals surface area contributed by atoms with Crippen LogP contribution in [-0.2, 0) is 14.3 Å². The highest BCUT2D eigenvalue weighted by molar-refractivity contribution is 6.30. The molecule has 0 aliphatic rings. The van der Waals surface area contributed by atoms with Crippen molar-refractivity contribution < 1.29 is 19.1 Å². The molecule has 0 aliphatic carbocycles. The first kappa shape index (κ1) is 16.0. The molecule has 2 aromatic carbocycles. The predicted molar refractivity (Wildman–Crippen MR) is 82.7 cm³/mol. The predicted octanol–water partition coefficient (Wildman–Crippen LogP) is 3.80. The molecule has 0 fully saturated rings. The van der Waals surface area contributed by atoms with E-state index in [4.69, 9.17) is 21.1 Å². The molecule has 0 aliphatic heterocycles. The van der Waals surface area contributed by atoms with Crippen molar-refractivity contribution in [2.24, 2.45) is 0 Å². The Morgan fingerprint density at radius 3 is 2.27 bits per heavy atom. The van der Waals surface area contributed by atoms with E-state index in [0.29, 0.717) is 16.1 Å². The molecule has 0 radical (unpaired) electrons. The van der Waals surface area contributed by atoms with Gasteiger partial charge in [-0.3, -0.25) is 0 Å². The van der Waals surface area contributed by atoms with Gasteiger partial charge in [-0.25, -0.2) is 9.59 Å². The minimum atomic E-state index is -1.09. The molecule has 0 bridgehead atoms. The van der Waals surface area contributed by atoms with Gasteiger partial charge in [0.15, 0.2) is 0 Å². The highest BCUT2D eigenvalue weighted by Crippen LogP contribution is 2.21. The Kier molecular flexibility index (Phi) is 5.55. The van der Waals surface area contributed by atoms with Gasteiger partial charge in [0.05, 0.1) is 12.2 Å². The maximum absolute atomic E-state index is 12.2. The number of halogens is 1. The fourth-order valence-corrected chi connectivity index (χ4v) is 1.99. The van der Waals surface area contributed by atoms with Gasteiger partial charge in [-0.1, -0.05) is 41.9 Å². The first-order valence-corrected chi connectivity index (χ1v) is 7.17. The first-order valence-electron chi connectivity index (χ1n) is 6.80. The third-order valence-corrected chi connectivity index (χ3v) is 3.16. The van der Waals surface area contributed by atoms with E-state index >= 15 is 0 Å². The van der Waals surface area contributed by atoms with Gasteiger partial charge in [-0.05, 0) is 31.2 Å². The van der Waals surface area contributed by atoms with Crippen molar-refractivity contribution in [3.8, 4) is 0 Å². The molecule has 0 amide bonds. The summed E-state index contributed by atoms with van der Waals surface area (Å²) >= 11 is 5.78. The smallest absolute Gasteiger partial charge is 0.352 e. The van der Waals surface area contributed by atoms with Crippen LogP contribution >= 0.6 is 11.6 Å². The van der Waals surface area contributed by atoms with Crippen LogP contribution < -0.4 is 0 Å². The average Bonchev–Trinajstić information content (AvgIpc) is 2.54. The first-order chi connectivity index (χ1) is 10.6. The quantitative estimate of drug-likeness (QED) is 0.787. The lowest BCUT2D eigenvalue weighted by Crippen LogP contribution is -2.22. The van der Waals surface area contributed by atoms with Crippen LogP contribution in [0.4, 0.5) is 0 Å². The molecule has 0 N–H and O–H groups in total. The lowest BCUT2D eigenvalue weighted by atomic mass is 10.1. The molecule has 2 rings (SSSR count). The Bertz CT molecular complexity index is 637. The fourth-order valence-electron chi connectivity index (χ4n) is 1.86. The van der Waals surface area contributed by atoms with Crippen molar-refractivity contribution in [2.75, 3.05) is 6.61 Å². The summed E-state index contributed by atoms with van der Waals surface area (Å²) in [7, 11) is 0. The highest BCUT2D eigenvalue weighted by atomic mass is 35.5. The molecule has 0 saturated carbocycles. The van der Waals surface area contributed by atoms with Crippen LogP contribution in [0.1, 0.15) is 28.9 Å². The SMILES string of the molecule is CCOC(=O)C(OC(=O)c1ccc(Cl)cc1)c1ccccc1. The van der Waals surface area contributed by atoms with Gasteiger partial charge in [0.25, 0.3) is 0 Å². The van der Waals surface area contributed by atoms with Crippen molar-refractivity contribution in [3.05, 3.63) is 70.7 Å². The van der Waals surface area contributed by atoms with Crippen LogP contribution in [0.3, 0.4) is 0 Å². The van der Waals surface area contributed by atoms with E-state index < -0.39 is 18.0 Å². The molecular weight excluding hydrogens is 304 g/mol. The Morgan fingerprint density at radius 1 is 1.05 bits per heavy atom. The van der Waals surface area contributed by atoms with E-state index in [1.54, 1.807) is 43.3 Å². The second-order valence-corrected chi connectivity index (χ2v) is 4.89. The molecule has 2 aromatic rings. The molecule has 0 spiro atoms. The lowest BCUT2D eigenvalue weighted by molar-refractivity contribution is -0.153. The molecule has 1 unspecified atom stereocenters. The van der Waals surface area contributed by atoms with Crippen LogP contribution in [0.15, 0.2) is 54.6 Å². The molecular formula is C17H15ClO4. The zero-order valence-electron chi connectivity index (χ0n) is 12.0. The van der Waals surface area contributed by atoms with Gasteiger partial charge >= 0.3 is 11.9 Å². The fraction of sp³-hybridized carbons (Fsp3) is 0.176.